The van der Waals surface area contributed by atoms with Crippen LogP contribution in [0.4, 0.5) is 4.39 Å². The van der Waals surface area contributed by atoms with Crippen molar-refractivity contribution in [3.05, 3.63) is 59.4 Å². The maximum absolute atomic E-state index is 13.7. The summed E-state index contributed by atoms with van der Waals surface area (Å²) in [6, 6.07) is 11.9. The number of hydrogen-bond acceptors (Lipinski definition) is 4. The molecule has 0 aromatic heterocycles. The van der Waals surface area contributed by atoms with Crippen LogP contribution < -0.4 is 4.74 Å². The molecule has 146 valence electrons. The first-order valence-electron chi connectivity index (χ1n) is 9.02. The lowest BCUT2D eigenvalue weighted by Gasteiger charge is -2.34. The fraction of sp³-hybridized carbons (Fsp3) is 0.400. The minimum absolute atomic E-state index is 0.190. The zero-order chi connectivity index (χ0) is 19.4. The van der Waals surface area contributed by atoms with E-state index < -0.39 is 10.0 Å². The Morgan fingerprint density at radius 2 is 1.78 bits per heavy atom. The van der Waals surface area contributed by atoms with Gasteiger partial charge in [0.05, 0.1) is 7.11 Å². The zero-order valence-electron chi connectivity index (χ0n) is 15.7. The smallest absolute Gasteiger partial charge is 0.246 e. The normalized spacial score (nSPS) is 16.4. The first kappa shape index (κ1) is 19.8. The first-order valence-corrected chi connectivity index (χ1v) is 10.5. The topological polar surface area (TPSA) is 49.9 Å². The summed E-state index contributed by atoms with van der Waals surface area (Å²) >= 11 is 0. The molecule has 1 aliphatic heterocycles. The van der Waals surface area contributed by atoms with Gasteiger partial charge in [-0.25, -0.2) is 12.8 Å². The Balaban J connectivity index is 1.63. The summed E-state index contributed by atoms with van der Waals surface area (Å²) in [4.78, 5) is 2.39. The molecule has 0 saturated carbocycles. The SMILES string of the molecule is COc1ccc(C)cc1S(=O)(=O)N1CCN(CCc2ccccc2F)CC1. The van der Waals surface area contributed by atoms with Crippen LogP contribution in [0, 0.1) is 12.7 Å². The van der Waals surface area contributed by atoms with E-state index in [9.17, 15) is 12.8 Å². The Hall–Kier alpha value is -1.96. The Morgan fingerprint density at radius 3 is 2.44 bits per heavy atom. The molecule has 1 fully saturated rings. The zero-order valence-corrected chi connectivity index (χ0v) is 16.5. The van der Waals surface area contributed by atoms with Crippen molar-refractivity contribution in [1.82, 2.24) is 9.21 Å². The Bertz CT molecular complexity index is 894. The minimum Gasteiger partial charge on any atom is -0.495 e. The molecule has 3 rings (SSSR count). The molecule has 0 unspecified atom stereocenters. The number of ether oxygens (including phenoxy) is 1. The first-order chi connectivity index (χ1) is 12.9. The molecule has 2 aromatic rings. The predicted molar refractivity (Wildman–Crippen MR) is 103 cm³/mol. The molecule has 5 nitrogen and oxygen atoms in total. The monoisotopic (exact) mass is 392 g/mol. The van der Waals surface area contributed by atoms with E-state index in [1.165, 1.54) is 17.5 Å². The maximum atomic E-state index is 13.7. The van der Waals surface area contributed by atoms with Crippen LogP contribution in [0.2, 0.25) is 0 Å². The van der Waals surface area contributed by atoms with E-state index in [1.807, 2.05) is 19.1 Å². The van der Waals surface area contributed by atoms with Crippen LogP contribution in [0.1, 0.15) is 11.1 Å². The van der Waals surface area contributed by atoms with Crippen LogP contribution in [-0.2, 0) is 16.4 Å². The molecule has 0 N–H and O–H groups in total. The molecule has 1 saturated heterocycles. The van der Waals surface area contributed by atoms with Gasteiger partial charge in [0.2, 0.25) is 10.0 Å². The standard InChI is InChI=1S/C20H25FN2O3S/c1-16-7-8-19(26-2)20(15-16)27(24,25)23-13-11-22(12-14-23)10-9-17-5-3-4-6-18(17)21/h3-8,15H,9-14H2,1-2H3. The number of piperazine rings is 1. The second-order valence-electron chi connectivity index (χ2n) is 6.74. The van der Waals surface area contributed by atoms with Crippen LogP contribution in [0.3, 0.4) is 0 Å². The summed E-state index contributed by atoms with van der Waals surface area (Å²) < 4.78 is 46.5. The van der Waals surface area contributed by atoms with Crippen LogP contribution in [-0.4, -0.2) is 57.5 Å². The molecule has 27 heavy (non-hydrogen) atoms. The van der Waals surface area contributed by atoms with E-state index in [0.717, 1.165) is 5.56 Å². The van der Waals surface area contributed by atoms with E-state index in [1.54, 1.807) is 24.3 Å². The third kappa shape index (κ3) is 4.48. The lowest BCUT2D eigenvalue weighted by molar-refractivity contribution is 0.189. The van der Waals surface area contributed by atoms with Gasteiger partial charge < -0.3 is 9.64 Å². The maximum Gasteiger partial charge on any atom is 0.246 e. The predicted octanol–water partition coefficient (Wildman–Crippen LogP) is 2.69. The number of hydrogen-bond donors (Lipinski definition) is 0. The Kier molecular flexibility index (Phi) is 6.14. The summed E-state index contributed by atoms with van der Waals surface area (Å²) in [6.45, 7) is 4.65. The van der Waals surface area contributed by atoms with Crippen LogP contribution >= 0.6 is 0 Å². The number of aryl methyl sites for hydroxylation is 1. The third-order valence-electron chi connectivity index (χ3n) is 4.92. The molecular weight excluding hydrogens is 367 g/mol. The number of rotatable bonds is 6. The fourth-order valence-corrected chi connectivity index (χ4v) is 4.96. The number of nitrogens with zero attached hydrogens (tertiary/aromatic N) is 2. The highest BCUT2D eigenvalue weighted by molar-refractivity contribution is 7.89. The molecule has 1 heterocycles. The van der Waals surface area contributed by atoms with Gasteiger partial charge in [0, 0.05) is 32.7 Å². The molecule has 2 aromatic carbocycles. The molecule has 0 bridgehead atoms. The van der Waals surface area contributed by atoms with Gasteiger partial charge in [-0.2, -0.15) is 4.31 Å². The van der Waals surface area contributed by atoms with Gasteiger partial charge in [0.1, 0.15) is 16.5 Å². The van der Waals surface area contributed by atoms with E-state index in [0.29, 0.717) is 50.5 Å². The summed E-state index contributed by atoms with van der Waals surface area (Å²) in [5, 5.41) is 0. The van der Waals surface area contributed by atoms with Crippen molar-refractivity contribution < 1.29 is 17.5 Å². The highest BCUT2D eigenvalue weighted by Crippen LogP contribution is 2.28. The molecule has 0 radical (unpaired) electrons. The Labute approximate surface area is 160 Å². The van der Waals surface area contributed by atoms with Gasteiger partial charge in [-0.05, 0) is 42.7 Å². The number of sulfonamides is 1. The molecule has 0 aliphatic carbocycles. The Morgan fingerprint density at radius 1 is 1.07 bits per heavy atom. The van der Waals surface area contributed by atoms with Crippen LogP contribution in [0.25, 0.3) is 0 Å². The summed E-state index contributed by atoms with van der Waals surface area (Å²) in [5.74, 6) is 0.174. The van der Waals surface area contributed by atoms with Crippen LogP contribution in [0.5, 0.6) is 5.75 Å². The summed E-state index contributed by atoms with van der Waals surface area (Å²) in [6.07, 6.45) is 0.616. The quantitative estimate of drug-likeness (QED) is 0.759. The van der Waals surface area contributed by atoms with Crippen molar-refractivity contribution in [2.24, 2.45) is 0 Å². The highest BCUT2D eigenvalue weighted by Gasteiger charge is 2.30. The van der Waals surface area contributed by atoms with Crippen molar-refractivity contribution >= 4 is 10.0 Å². The van der Waals surface area contributed by atoms with Crippen molar-refractivity contribution in [3.8, 4) is 5.75 Å². The second-order valence-corrected chi connectivity index (χ2v) is 8.65. The van der Waals surface area contributed by atoms with Gasteiger partial charge in [-0.15, -0.1) is 0 Å². The van der Waals surface area contributed by atoms with Gasteiger partial charge in [-0.3, -0.25) is 0 Å². The van der Waals surface area contributed by atoms with E-state index >= 15 is 0 Å². The van der Waals surface area contributed by atoms with Crippen molar-refractivity contribution in [3.63, 3.8) is 0 Å². The van der Waals surface area contributed by atoms with E-state index in [4.69, 9.17) is 4.74 Å². The lowest BCUT2D eigenvalue weighted by atomic mass is 10.1. The van der Waals surface area contributed by atoms with Crippen LogP contribution in [0.15, 0.2) is 47.4 Å². The van der Waals surface area contributed by atoms with Gasteiger partial charge >= 0.3 is 0 Å². The largest absolute Gasteiger partial charge is 0.495 e. The molecule has 0 spiro atoms. The van der Waals surface area contributed by atoms with E-state index in [2.05, 4.69) is 4.90 Å². The van der Waals surface area contributed by atoms with Gasteiger partial charge in [0.15, 0.2) is 0 Å². The van der Waals surface area contributed by atoms with Gasteiger partial charge in [-0.1, -0.05) is 24.3 Å². The number of methoxy groups -OCH3 is 1. The molecular formula is C20H25FN2O3S. The van der Waals surface area contributed by atoms with Crippen molar-refractivity contribution in [2.45, 2.75) is 18.2 Å². The van der Waals surface area contributed by atoms with Crippen molar-refractivity contribution in [2.75, 3.05) is 39.8 Å². The summed E-state index contributed by atoms with van der Waals surface area (Å²) in [7, 11) is -2.13. The average Bonchev–Trinajstić information content (AvgIpc) is 2.67. The van der Waals surface area contributed by atoms with Crippen molar-refractivity contribution in [1.29, 1.82) is 0 Å². The molecule has 0 amide bonds. The highest BCUT2D eigenvalue weighted by atomic mass is 32.2. The minimum atomic E-state index is -3.60. The lowest BCUT2D eigenvalue weighted by Crippen LogP contribution is -2.49. The third-order valence-corrected chi connectivity index (χ3v) is 6.84. The molecule has 0 atom stereocenters. The fourth-order valence-electron chi connectivity index (χ4n) is 3.30. The molecule has 1 aliphatic rings. The molecule has 7 heteroatoms. The van der Waals surface area contributed by atoms with Gasteiger partial charge in [0.25, 0.3) is 0 Å². The number of benzene rings is 2. The average molecular weight is 392 g/mol. The van der Waals surface area contributed by atoms with E-state index in [-0.39, 0.29) is 10.7 Å². The summed E-state index contributed by atoms with van der Waals surface area (Å²) in [5.41, 5.74) is 1.56. The second kappa shape index (κ2) is 8.37. The number of halogens is 1.